The Morgan fingerprint density at radius 3 is 2.62 bits per heavy atom. The summed E-state index contributed by atoms with van der Waals surface area (Å²) in [5, 5.41) is 0. The van der Waals surface area contributed by atoms with E-state index in [-0.39, 0.29) is 0 Å². The van der Waals surface area contributed by atoms with Crippen LogP contribution in [0.5, 0.6) is 0 Å². The summed E-state index contributed by atoms with van der Waals surface area (Å²) in [7, 11) is 2.28. The highest BCUT2D eigenvalue weighted by molar-refractivity contribution is 9.11. The standard InChI is InChI=1S/C13H23BrN2/c1-11(14)7-16-6-5-13(10-16)9-15(2)8-12-3-4-12/h12-13H,1,3-10H2,2H3/t13-/m0/s1. The lowest BCUT2D eigenvalue weighted by atomic mass is 10.1. The Labute approximate surface area is 108 Å². The highest BCUT2D eigenvalue weighted by atomic mass is 79.9. The molecule has 2 fully saturated rings. The van der Waals surface area contributed by atoms with Gasteiger partial charge in [-0.1, -0.05) is 22.5 Å². The predicted molar refractivity (Wildman–Crippen MR) is 72.8 cm³/mol. The molecule has 2 nitrogen and oxygen atoms in total. The van der Waals surface area contributed by atoms with Gasteiger partial charge in [0.2, 0.25) is 0 Å². The zero-order valence-electron chi connectivity index (χ0n) is 10.3. The van der Waals surface area contributed by atoms with Crippen LogP contribution in [-0.2, 0) is 0 Å². The largest absolute Gasteiger partial charge is 0.306 e. The number of likely N-dealkylation sites (tertiary alicyclic amines) is 1. The van der Waals surface area contributed by atoms with Crippen LogP contribution in [0.4, 0.5) is 0 Å². The van der Waals surface area contributed by atoms with Crippen molar-refractivity contribution in [3.8, 4) is 0 Å². The minimum atomic E-state index is 0.871. The summed E-state index contributed by atoms with van der Waals surface area (Å²) >= 11 is 3.45. The summed E-state index contributed by atoms with van der Waals surface area (Å²) < 4.78 is 1.11. The zero-order valence-corrected chi connectivity index (χ0v) is 11.9. The number of halogens is 1. The third kappa shape index (κ3) is 4.19. The highest BCUT2D eigenvalue weighted by Gasteiger charge is 2.26. The Hall–Kier alpha value is 0.140. The fraction of sp³-hybridized carbons (Fsp3) is 0.846. The van der Waals surface area contributed by atoms with Crippen LogP contribution in [0.15, 0.2) is 11.1 Å². The second-order valence-corrected chi connectivity index (χ2v) is 6.69. The van der Waals surface area contributed by atoms with E-state index in [0.717, 1.165) is 22.9 Å². The van der Waals surface area contributed by atoms with Crippen molar-refractivity contribution in [2.45, 2.75) is 19.3 Å². The molecule has 0 radical (unpaired) electrons. The average Bonchev–Trinajstić information content (AvgIpc) is 2.87. The molecule has 0 amide bonds. The van der Waals surface area contributed by atoms with Crippen LogP contribution in [0.25, 0.3) is 0 Å². The summed E-state index contributed by atoms with van der Waals surface area (Å²) in [5.74, 6) is 1.89. The summed E-state index contributed by atoms with van der Waals surface area (Å²) in [6.07, 6.45) is 4.28. The Morgan fingerprint density at radius 1 is 1.31 bits per heavy atom. The second kappa shape index (κ2) is 5.65. The van der Waals surface area contributed by atoms with Crippen LogP contribution >= 0.6 is 15.9 Å². The van der Waals surface area contributed by atoms with E-state index in [4.69, 9.17) is 0 Å². The summed E-state index contributed by atoms with van der Waals surface area (Å²) in [4.78, 5) is 5.04. The van der Waals surface area contributed by atoms with Crippen molar-refractivity contribution < 1.29 is 0 Å². The minimum Gasteiger partial charge on any atom is -0.306 e. The normalized spacial score (nSPS) is 26.6. The van der Waals surface area contributed by atoms with Gasteiger partial charge in [-0.2, -0.15) is 0 Å². The molecule has 0 N–H and O–H groups in total. The van der Waals surface area contributed by atoms with Gasteiger partial charge in [-0.25, -0.2) is 0 Å². The third-order valence-electron chi connectivity index (χ3n) is 3.60. The number of hydrogen-bond donors (Lipinski definition) is 0. The SMILES string of the molecule is C=C(Br)CN1CC[C@@H](CN(C)CC2CC2)C1. The molecule has 0 aromatic heterocycles. The van der Waals surface area contributed by atoms with E-state index in [0.29, 0.717) is 0 Å². The Balaban J connectivity index is 1.65. The van der Waals surface area contributed by atoms with Gasteiger partial charge in [-0.05, 0) is 44.7 Å². The van der Waals surface area contributed by atoms with E-state index in [9.17, 15) is 0 Å². The fourth-order valence-corrected chi connectivity index (χ4v) is 3.06. The van der Waals surface area contributed by atoms with Crippen molar-refractivity contribution in [2.24, 2.45) is 11.8 Å². The third-order valence-corrected chi connectivity index (χ3v) is 3.85. The Morgan fingerprint density at radius 2 is 2.00 bits per heavy atom. The van der Waals surface area contributed by atoms with Gasteiger partial charge in [0.25, 0.3) is 0 Å². The smallest absolute Gasteiger partial charge is 0.0294 e. The Kier molecular flexibility index (Phi) is 4.45. The quantitative estimate of drug-likeness (QED) is 0.741. The topological polar surface area (TPSA) is 6.48 Å². The van der Waals surface area contributed by atoms with Gasteiger partial charge >= 0.3 is 0 Å². The first-order valence-electron chi connectivity index (χ1n) is 6.37. The number of rotatable bonds is 6. The van der Waals surface area contributed by atoms with Gasteiger partial charge in [0.1, 0.15) is 0 Å². The van der Waals surface area contributed by atoms with E-state index < -0.39 is 0 Å². The maximum Gasteiger partial charge on any atom is 0.0294 e. The highest BCUT2D eigenvalue weighted by Crippen LogP contribution is 2.30. The molecular weight excluding hydrogens is 264 g/mol. The number of nitrogens with zero attached hydrogens (tertiary/aromatic N) is 2. The molecule has 0 aromatic carbocycles. The molecular formula is C13H23BrN2. The average molecular weight is 287 g/mol. The molecule has 0 bridgehead atoms. The molecule has 1 aliphatic carbocycles. The molecule has 3 heteroatoms. The predicted octanol–water partition coefficient (Wildman–Crippen LogP) is 2.56. The summed E-state index contributed by atoms with van der Waals surface area (Å²) in [6, 6.07) is 0. The molecule has 0 spiro atoms. The first kappa shape index (κ1) is 12.6. The summed E-state index contributed by atoms with van der Waals surface area (Å²) in [5.41, 5.74) is 0. The lowest BCUT2D eigenvalue weighted by molar-refractivity contribution is 0.261. The molecule has 1 atom stereocenters. The molecule has 1 saturated carbocycles. The Bertz CT molecular complexity index is 250. The monoisotopic (exact) mass is 286 g/mol. The molecule has 92 valence electrons. The zero-order chi connectivity index (χ0) is 11.5. The summed E-state index contributed by atoms with van der Waals surface area (Å²) in [6.45, 7) is 10.0. The second-order valence-electron chi connectivity index (χ2n) is 5.57. The van der Waals surface area contributed by atoms with E-state index >= 15 is 0 Å². The lowest BCUT2D eigenvalue weighted by Crippen LogP contribution is -2.30. The first-order valence-corrected chi connectivity index (χ1v) is 7.17. The van der Waals surface area contributed by atoms with Gasteiger partial charge in [-0.3, -0.25) is 4.90 Å². The van der Waals surface area contributed by atoms with Crippen molar-refractivity contribution in [2.75, 3.05) is 39.8 Å². The van der Waals surface area contributed by atoms with Gasteiger partial charge in [-0.15, -0.1) is 0 Å². The van der Waals surface area contributed by atoms with Crippen LogP contribution < -0.4 is 0 Å². The molecule has 1 aliphatic heterocycles. The molecule has 0 aromatic rings. The molecule has 1 saturated heterocycles. The van der Waals surface area contributed by atoms with Gasteiger partial charge in [0.15, 0.2) is 0 Å². The maximum atomic E-state index is 3.92. The van der Waals surface area contributed by atoms with Gasteiger partial charge in [0, 0.05) is 30.7 Å². The van der Waals surface area contributed by atoms with Crippen molar-refractivity contribution in [1.82, 2.24) is 9.80 Å². The maximum absolute atomic E-state index is 3.92. The fourth-order valence-electron chi connectivity index (χ4n) is 2.70. The molecule has 16 heavy (non-hydrogen) atoms. The van der Waals surface area contributed by atoms with Crippen molar-refractivity contribution >= 4 is 15.9 Å². The minimum absolute atomic E-state index is 0.871. The van der Waals surface area contributed by atoms with Crippen LogP contribution in [-0.4, -0.2) is 49.6 Å². The number of hydrogen-bond acceptors (Lipinski definition) is 2. The van der Waals surface area contributed by atoms with Crippen LogP contribution in [0.3, 0.4) is 0 Å². The first-order chi connectivity index (χ1) is 7.63. The van der Waals surface area contributed by atoms with Gasteiger partial charge in [0.05, 0.1) is 0 Å². The van der Waals surface area contributed by atoms with Crippen LogP contribution in [0.1, 0.15) is 19.3 Å². The van der Waals surface area contributed by atoms with Crippen molar-refractivity contribution in [3.63, 3.8) is 0 Å². The molecule has 2 rings (SSSR count). The van der Waals surface area contributed by atoms with Crippen LogP contribution in [0, 0.1) is 11.8 Å². The van der Waals surface area contributed by atoms with E-state index in [1.807, 2.05) is 0 Å². The van der Waals surface area contributed by atoms with E-state index in [1.54, 1.807) is 0 Å². The van der Waals surface area contributed by atoms with Crippen LogP contribution in [0.2, 0.25) is 0 Å². The van der Waals surface area contributed by atoms with Crippen molar-refractivity contribution in [3.05, 3.63) is 11.1 Å². The molecule has 2 aliphatic rings. The molecule has 0 unspecified atom stereocenters. The van der Waals surface area contributed by atoms with E-state index in [1.165, 1.54) is 45.4 Å². The van der Waals surface area contributed by atoms with Crippen molar-refractivity contribution in [1.29, 1.82) is 0 Å². The van der Waals surface area contributed by atoms with Gasteiger partial charge < -0.3 is 4.90 Å². The van der Waals surface area contributed by atoms with E-state index in [2.05, 4.69) is 39.4 Å². The lowest BCUT2D eigenvalue weighted by Gasteiger charge is -2.21. The molecule has 1 heterocycles.